The van der Waals surface area contributed by atoms with E-state index in [9.17, 15) is 18.0 Å². The molecule has 1 aliphatic heterocycles. The Labute approximate surface area is 126 Å². The molecule has 1 aromatic rings. The fourth-order valence-electron chi connectivity index (χ4n) is 2.07. The standard InChI is InChI=1S/C14H17F3N2O3/c15-14(16,17)22-12-3-1-11(2-4-12)21-10-9-19-7-5-13(20)18-6-8-19/h1-4H,5-10H2,(H,18,20). The molecule has 0 aliphatic carbocycles. The second kappa shape index (κ2) is 7.35. The summed E-state index contributed by atoms with van der Waals surface area (Å²) in [5.74, 6) is 0.235. The average molecular weight is 318 g/mol. The van der Waals surface area contributed by atoms with Gasteiger partial charge in [0.15, 0.2) is 0 Å². The number of nitrogens with one attached hydrogen (secondary N) is 1. The van der Waals surface area contributed by atoms with Gasteiger partial charge in [0.05, 0.1) is 0 Å². The highest BCUT2D eigenvalue weighted by Gasteiger charge is 2.30. The van der Waals surface area contributed by atoms with Crippen molar-refractivity contribution in [3.8, 4) is 11.5 Å². The SMILES string of the molecule is O=C1CCN(CCOc2ccc(OC(F)(F)F)cc2)CCN1. The lowest BCUT2D eigenvalue weighted by Crippen LogP contribution is -2.32. The number of halogens is 3. The molecule has 0 aromatic heterocycles. The van der Waals surface area contributed by atoms with Crippen molar-refractivity contribution in [3.63, 3.8) is 0 Å². The van der Waals surface area contributed by atoms with Crippen LogP contribution in [-0.2, 0) is 4.79 Å². The van der Waals surface area contributed by atoms with Gasteiger partial charge in [-0.1, -0.05) is 0 Å². The fraction of sp³-hybridized carbons (Fsp3) is 0.500. The fourth-order valence-corrected chi connectivity index (χ4v) is 2.07. The quantitative estimate of drug-likeness (QED) is 0.899. The first kappa shape index (κ1) is 16.4. The highest BCUT2D eigenvalue weighted by molar-refractivity contribution is 5.76. The van der Waals surface area contributed by atoms with E-state index in [1.807, 2.05) is 0 Å². The Hall–Kier alpha value is -1.96. The highest BCUT2D eigenvalue weighted by Crippen LogP contribution is 2.24. The number of carbonyl (C=O) groups excluding carboxylic acids is 1. The monoisotopic (exact) mass is 318 g/mol. The van der Waals surface area contributed by atoms with Crippen molar-refractivity contribution in [1.29, 1.82) is 0 Å². The minimum Gasteiger partial charge on any atom is -0.492 e. The van der Waals surface area contributed by atoms with Crippen LogP contribution in [0, 0.1) is 0 Å². The number of hydrogen-bond acceptors (Lipinski definition) is 4. The molecule has 1 aliphatic rings. The molecule has 22 heavy (non-hydrogen) atoms. The maximum Gasteiger partial charge on any atom is 0.573 e. The number of rotatable bonds is 5. The van der Waals surface area contributed by atoms with Crippen LogP contribution in [0.25, 0.3) is 0 Å². The van der Waals surface area contributed by atoms with Gasteiger partial charge in [0, 0.05) is 32.6 Å². The summed E-state index contributed by atoms with van der Waals surface area (Å²) in [4.78, 5) is 13.3. The van der Waals surface area contributed by atoms with Crippen LogP contribution in [0.15, 0.2) is 24.3 Å². The lowest BCUT2D eigenvalue weighted by molar-refractivity contribution is -0.274. The van der Waals surface area contributed by atoms with E-state index >= 15 is 0 Å². The van der Waals surface area contributed by atoms with Crippen LogP contribution >= 0.6 is 0 Å². The second-order valence-corrected chi connectivity index (χ2v) is 4.81. The van der Waals surface area contributed by atoms with Crippen molar-refractivity contribution in [2.75, 3.05) is 32.8 Å². The Morgan fingerprint density at radius 1 is 1.14 bits per heavy atom. The molecular formula is C14H17F3N2O3. The zero-order valence-corrected chi connectivity index (χ0v) is 11.9. The Morgan fingerprint density at radius 3 is 2.50 bits per heavy atom. The number of benzene rings is 1. The molecule has 5 nitrogen and oxygen atoms in total. The van der Waals surface area contributed by atoms with Crippen LogP contribution in [0.5, 0.6) is 11.5 Å². The van der Waals surface area contributed by atoms with E-state index in [2.05, 4.69) is 15.0 Å². The van der Waals surface area contributed by atoms with Gasteiger partial charge in [-0.3, -0.25) is 9.69 Å². The van der Waals surface area contributed by atoms with Gasteiger partial charge < -0.3 is 14.8 Å². The third-order valence-electron chi connectivity index (χ3n) is 3.14. The molecule has 1 saturated heterocycles. The zero-order valence-electron chi connectivity index (χ0n) is 11.9. The summed E-state index contributed by atoms with van der Waals surface area (Å²) in [6.45, 7) is 3.09. The molecule has 1 aromatic carbocycles. The molecule has 0 atom stereocenters. The van der Waals surface area contributed by atoms with Gasteiger partial charge in [0.1, 0.15) is 18.1 Å². The third kappa shape index (κ3) is 5.80. The van der Waals surface area contributed by atoms with Crippen LogP contribution < -0.4 is 14.8 Å². The highest BCUT2D eigenvalue weighted by atomic mass is 19.4. The number of nitrogens with zero attached hydrogens (tertiary/aromatic N) is 1. The Kier molecular flexibility index (Phi) is 5.48. The van der Waals surface area contributed by atoms with Crippen LogP contribution in [0.3, 0.4) is 0 Å². The molecule has 0 saturated carbocycles. The summed E-state index contributed by atoms with van der Waals surface area (Å²) in [7, 11) is 0. The van der Waals surface area contributed by atoms with Crippen molar-refractivity contribution in [3.05, 3.63) is 24.3 Å². The molecule has 1 N–H and O–H groups in total. The molecular weight excluding hydrogens is 301 g/mol. The minimum atomic E-state index is -4.69. The van der Waals surface area contributed by atoms with Crippen LogP contribution in [0.4, 0.5) is 13.2 Å². The molecule has 0 radical (unpaired) electrons. The van der Waals surface area contributed by atoms with Gasteiger partial charge in [-0.25, -0.2) is 0 Å². The van der Waals surface area contributed by atoms with Crippen LogP contribution in [0.2, 0.25) is 0 Å². The molecule has 1 fully saturated rings. The first-order valence-corrected chi connectivity index (χ1v) is 6.90. The van der Waals surface area contributed by atoms with E-state index in [1.54, 1.807) is 0 Å². The molecule has 122 valence electrons. The summed E-state index contributed by atoms with van der Waals surface area (Å²) in [5, 5.41) is 2.78. The molecule has 0 bridgehead atoms. The van der Waals surface area contributed by atoms with Gasteiger partial charge in [-0.15, -0.1) is 13.2 Å². The molecule has 0 spiro atoms. The molecule has 1 heterocycles. The van der Waals surface area contributed by atoms with Gasteiger partial charge in [-0.2, -0.15) is 0 Å². The van der Waals surface area contributed by atoms with Crippen molar-refractivity contribution in [2.24, 2.45) is 0 Å². The number of hydrogen-bond donors (Lipinski definition) is 1. The van der Waals surface area contributed by atoms with Crippen molar-refractivity contribution < 1.29 is 27.4 Å². The van der Waals surface area contributed by atoms with Gasteiger partial charge in [0.2, 0.25) is 5.91 Å². The van der Waals surface area contributed by atoms with E-state index in [1.165, 1.54) is 24.3 Å². The number of alkyl halides is 3. The van der Waals surface area contributed by atoms with Crippen LogP contribution in [0.1, 0.15) is 6.42 Å². The Bertz CT molecular complexity index is 491. The third-order valence-corrected chi connectivity index (χ3v) is 3.14. The Morgan fingerprint density at radius 2 is 1.82 bits per heavy atom. The summed E-state index contributed by atoms with van der Waals surface area (Å²) < 4.78 is 45.3. The lowest BCUT2D eigenvalue weighted by atomic mass is 10.3. The average Bonchev–Trinajstić information content (AvgIpc) is 2.64. The van der Waals surface area contributed by atoms with Crippen LogP contribution in [-0.4, -0.2) is 50.0 Å². The van der Waals surface area contributed by atoms with Gasteiger partial charge >= 0.3 is 6.36 Å². The summed E-state index contributed by atoms with van der Waals surface area (Å²) in [5.41, 5.74) is 0. The van der Waals surface area contributed by atoms with E-state index in [0.717, 1.165) is 6.54 Å². The smallest absolute Gasteiger partial charge is 0.492 e. The summed E-state index contributed by atoms with van der Waals surface area (Å²) in [6.07, 6.45) is -4.23. The van der Waals surface area contributed by atoms with Crippen molar-refractivity contribution in [1.82, 2.24) is 10.2 Å². The van der Waals surface area contributed by atoms with E-state index in [-0.39, 0.29) is 11.7 Å². The van der Waals surface area contributed by atoms with Crippen molar-refractivity contribution in [2.45, 2.75) is 12.8 Å². The molecule has 0 unspecified atom stereocenters. The first-order valence-electron chi connectivity index (χ1n) is 6.90. The topological polar surface area (TPSA) is 50.8 Å². The normalized spacial score (nSPS) is 16.8. The molecule has 1 amide bonds. The Balaban J connectivity index is 1.74. The maximum atomic E-state index is 12.0. The molecule has 8 heteroatoms. The molecule has 2 rings (SSSR count). The van der Waals surface area contributed by atoms with Gasteiger partial charge in [0.25, 0.3) is 0 Å². The zero-order chi connectivity index (χ0) is 16.0. The largest absolute Gasteiger partial charge is 0.573 e. The minimum absolute atomic E-state index is 0.0451. The number of carbonyl (C=O) groups is 1. The predicted molar refractivity (Wildman–Crippen MR) is 72.7 cm³/mol. The van der Waals surface area contributed by atoms with E-state index in [4.69, 9.17) is 4.74 Å². The second-order valence-electron chi connectivity index (χ2n) is 4.81. The maximum absolute atomic E-state index is 12.0. The number of amides is 1. The lowest BCUT2D eigenvalue weighted by Gasteiger charge is -2.19. The van der Waals surface area contributed by atoms with E-state index in [0.29, 0.717) is 38.4 Å². The number of ether oxygens (including phenoxy) is 2. The predicted octanol–water partition coefficient (Wildman–Crippen LogP) is 1.79. The summed E-state index contributed by atoms with van der Waals surface area (Å²) in [6, 6.07) is 5.26. The van der Waals surface area contributed by atoms with E-state index < -0.39 is 6.36 Å². The first-order chi connectivity index (χ1) is 10.4. The summed E-state index contributed by atoms with van der Waals surface area (Å²) >= 11 is 0. The van der Waals surface area contributed by atoms with Crippen molar-refractivity contribution >= 4 is 5.91 Å². The van der Waals surface area contributed by atoms with Gasteiger partial charge in [-0.05, 0) is 24.3 Å².